The Balaban J connectivity index is 1.76. The van der Waals surface area contributed by atoms with Crippen molar-refractivity contribution in [2.24, 2.45) is 7.05 Å². The van der Waals surface area contributed by atoms with Crippen molar-refractivity contribution in [1.82, 2.24) is 20.0 Å². The van der Waals surface area contributed by atoms with E-state index in [1.54, 1.807) is 7.11 Å². The summed E-state index contributed by atoms with van der Waals surface area (Å²) in [4.78, 5) is 15.5. The molecule has 146 valence electrons. The summed E-state index contributed by atoms with van der Waals surface area (Å²) in [5.41, 5.74) is 1.46. The van der Waals surface area contributed by atoms with Crippen LogP contribution in [0.4, 0.5) is 5.69 Å². The van der Waals surface area contributed by atoms with Crippen LogP contribution in [0.5, 0.6) is 0 Å². The molecule has 1 atom stereocenters. The minimum absolute atomic E-state index is 0.0271. The Morgan fingerprint density at radius 2 is 2.15 bits per heavy atom. The van der Waals surface area contributed by atoms with Crippen LogP contribution in [0.2, 0.25) is 0 Å². The summed E-state index contributed by atoms with van der Waals surface area (Å²) >= 11 is 0. The molecule has 2 heterocycles. The Bertz CT molecular complexity index is 733. The molecule has 27 heavy (non-hydrogen) atoms. The van der Waals surface area contributed by atoms with E-state index in [1.807, 2.05) is 54.5 Å². The summed E-state index contributed by atoms with van der Waals surface area (Å²) in [6.45, 7) is 3.42. The molecule has 2 N–H and O–H groups in total. The zero-order valence-electron chi connectivity index (χ0n) is 16.1. The number of aryl methyl sites for hydroxylation is 1. The highest BCUT2D eigenvalue weighted by Crippen LogP contribution is 2.27. The van der Waals surface area contributed by atoms with Gasteiger partial charge in [-0.3, -0.25) is 14.4 Å². The number of nitrogens with zero attached hydrogens (tertiary/aromatic N) is 3. The summed E-state index contributed by atoms with van der Waals surface area (Å²) in [5, 5.41) is 10.8. The second-order valence-electron chi connectivity index (χ2n) is 7.16. The lowest BCUT2D eigenvalue weighted by Crippen LogP contribution is -2.61. The molecular formula is C20H29N5O2. The largest absolute Gasteiger partial charge is 0.383 e. The molecular weight excluding hydrogens is 342 g/mol. The molecule has 1 aromatic heterocycles. The number of methoxy groups -OCH3 is 1. The first-order valence-corrected chi connectivity index (χ1v) is 9.42. The number of carbonyl (C=O) groups is 1. The molecule has 3 rings (SSSR count). The first-order chi connectivity index (χ1) is 13.1. The third kappa shape index (κ3) is 5.08. The maximum absolute atomic E-state index is 13.1. The van der Waals surface area contributed by atoms with Crippen LogP contribution in [0.3, 0.4) is 0 Å². The van der Waals surface area contributed by atoms with E-state index < -0.39 is 5.54 Å². The molecule has 2 aromatic rings. The van der Waals surface area contributed by atoms with E-state index in [4.69, 9.17) is 4.74 Å². The maximum atomic E-state index is 13.1. The highest BCUT2D eigenvalue weighted by atomic mass is 16.5. The quantitative estimate of drug-likeness (QED) is 0.690. The van der Waals surface area contributed by atoms with Crippen LogP contribution in [0.15, 0.2) is 42.7 Å². The van der Waals surface area contributed by atoms with E-state index in [0.717, 1.165) is 37.2 Å². The minimum atomic E-state index is -0.657. The van der Waals surface area contributed by atoms with Crippen molar-refractivity contribution in [2.45, 2.75) is 24.9 Å². The molecule has 0 bridgehead atoms. The van der Waals surface area contributed by atoms with Gasteiger partial charge in [-0.05, 0) is 31.5 Å². The molecule has 1 aliphatic rings. The highest BCUT2D eigenvalue weighted by Gasteiger charge is 2.42. The van der Waals surface area contributed by atoms with Gasteiger partial charge in [-0.25, -0.2) is 0 Å². The number of hydrogen-bond acceptors (Lipinski definition) is 5. The molecule has 1 unspecified atom stereocenters. The number of aromatic nitrogens is 2. The van der Waals surface area contributed by atoms with Gasteiger partial charge >= 0.3 is 0 Å². The SMILES string of the molecule is COCCNC(=O)C1(Nc2ccccc2)CCCN(Cc2cnn(C)c2)C1. The molecule has 7 heteroatoms. The van der Waals surface area contributed by atoms with E-state index in [1.165, 1.54) is 0 Å². The minimum Gasteiger partial charge on any atom is -0.383 e. The Labute approximate surface area is 160 Å². The van der Waals surface area contributed by atoms with Crippen molar-refractivity contribution in [2.75, 3.05) is 38.7 Å². The monoisotopic (exact) mass is 371 g/mol. The third-order valence-corrected chi connectivity index (χ3v) is 4.92. The zero-order chi connectivity index (χ0) is 19.1. The fourth-order valence-corrected chi connectivity index (χ4v) is 3.67. The molecule has 1 aromatic carbocycles. The van der Waals surface area contributed by atoms with Crippen molar-refractivity contribution >= 4 is 11.6 Å². The van der Waals surface area contributed by atoms with Crippen molar-refractivity contribution in [3.05, 3.63) is 48.3 Å². The lowest BCUT2D eigenvalue weighted by atomic mass is 9.87. The number of ether oxygens (including phenoxy) is 1. The number of piperidine rings is 1. The van der Waals surface area contributed by atoms with Gasteiger partial charge in [0.2, 0.25) is 5.91 Å². The molecule has 0 aliphatic carbocycles. The predicted octanol–water partition coefficient (Wildman–Crippen LogP) is 1.63. The van der Waals surface area contributed by atoms with Gasteiger partial charge in [0.1, 0.15) is 5.54 Å². The summed E-state index contributed by atoms with van der Waals surface area (Å²) < 4.78 is 6.89. The van der Waals surface area contributed by atoms with Crippen LogP contribution in [0.1, 0.15) is 18.4 Å². The van der Waals surface area contributed by atoms with Crippen molar-refractivity contribution < 1.29 is 9.53 Å². The number of benzene rings is 1. The lowest BCUT2D eigenvalue weighted by Gasteiger charge is -2.42. The van der Waals surface area contributed by atoms with Crippen molar-refractivity contribution in [1.29, 1.82) is 0 Å². The van der Waals surface area contributed by atoms with Gasteiger partial charge in [0.05, 0.1) is 12.8 Å². The Morgan fingerprint density at radius 1 is 1.33 bits per heavy atom. The third-order valence-electron chi connectivity index (χ3n) is 4.92. The van der Waals surface area contributed by atoms with E-state index in [0.29, 0.717) is 19.7 Å². The molecule has 7 nitrogen and oxygen atoms in total. The number of hydrogen-bond donors (Lipinski definition) is 2. The number of para-hydroxylation sites is 1. The summed E-state index contributed by atoms with van der Waals surface area (Å²) in [6, 6.07) is 9.95. The average molecular weight is 371 g/mol. The van der Waals surface area contributed by atoms with Crippen molar-refractivity contribution in [3.63, 3.8) is 0 Å². The molecule has 0 radical (unpaired) electrons. The van der Waals surface area contributed by atoms with Gasteiger partial charge in [0.15, 0.2) is 0 Å². The molecule has 0 saturated carbocycles. The van der Waals surface area contributed by atoms with E-state index in [2.05, 4.69) is 20.6 Å². The number of likely N-dealkylation sites (tertiary alicyclic amines) is 1. The van der Waals surface area contributed by atoms with Gasteiger partial charge in [-0.15, -0.1) is 0 Å². The molecule has 0 spiro atoms. The fraction of sp³-hybridized carbons (Fsp3) is 0.500. The summed E-state index contributed by atoms with van der Waals surface area (Å²) in [7, 11) is 3.56. The van der Waals surface area contributed by atoms with Crippen LogP contribution < -0.4 is 10.6 Å². The lowest BCUT2D eigenvalue weighted by molar-refractivity contribution is -0.127. The zero-order valence-corrected chi connectivity index (χ0v) is 16.1. The summed E-state index contributed by atoms with van der Waals surface area (Å²) in [6.07, 6.45) is 5.67. The molecule has 1 fully saturated rings. The Morgan fingerprint density at radius 3 is 2.85 bits per heavy atom. The van der Waals surface area contributed by atoms with Crippen LogP contribution in [0.25, 0.3) is 0 Å². The Hall–Kier alpha value is -2.38. The smallest absolute Gasteiger partial charge is 0.247 e. The Kier molecular flexibility index (Phi) is 6.47. The van der Waals surface area contributed by atoms with Gasteiger partial charge in [0.25, 0.3) is 0 Å². The van der Waals surface area contributed by atoms with Crippen LogP contribution in [-0.4, -0.2) is 59.5 Å². The van der Waals surface area contributed by atoms with Gasteiger partial charge < -0.3 is 15.4 Å². The van der Waals surface area contributed by atoms with Crippen molar-refractivity contribution in [3.8, 4) is 0 Å². The topological polar surface area (TPSA) is 71.4 Å². The molecule has 1 amide bonds. The second-order valence-corrected chi connectivity index (χ2v) is 7.16. The predicted molar refractivity (Wildman–Crippen MR) is 105 cm³/mol. The van der Waals surface area contributed by atoms with E-state index in [9.17, 15) is 4.79 Å². The van der Waals surface area contributed by atoms with E-state index in [-0.39, 0.29) is 5.91 Å². The first kappa shape index (κ1) is 19.4. The highest BCUT2D eigenvalue weighted by molar-refractivity contribution is 5.90. The number of amides is 1. The standard InChI is InChI=1S/C20H29N5O2/c1-24-14-17(13-22-24)15-25-11-6-9-20(16-25,19(26)21-10-12-27-2)23-18-7-4-3-5-8-18/h3-5,7-8,13-14,23H,6,9-12,15-16H2,1-2H3,(H,21,26). The number of rotatable bonds is 8. The van der Waals surface area contributed by atoms with Crippen LogP contribution in [-0.2, 0) is 23.1 Å². The maximum Gasteiger partial charge on any atom is 0.247 e. The second kappa shape index (κ2) is 9.01. The van der Waals surface area contributed by atoms with Gasteiger partial charge in [-0.1, -0.05) is 18.2 Å². The number of nitrogens with one attached hydrogen (secondary N) is 2. The summed E-state index contributed by atoms with van der Waals surface area (Å²) in [5.74, 6) is 0.0271. The normalized spacial score (nSPS) is 20.4. The fourth-order valence-electron chi connectivity index (χ4n) is 3.67. The first-order valence-electron chi connectivity index (χ1n) is 9.42. The van der Waals surface area contributed by atoms with Crippen LogP contribution in [0, 0.1) is 0 Å². The number of carbonyl (C=O) groups excluding carboxylic acids is 1. The average Bonchev–Trinajstić information content (AvgIpc) is 3.07. The molecule has 1 saturated heterocycles. The molecule has 1 aliphatic heterocycles. The number of anilines is 1. The van der Waals surface area contributed by atoms with E-state index >= 15 is 0 Å². The van der Waals surface area contributed by atoms with Gasteiger partial charge in [0, 0.05) is 51.2 Å². The van der Waals surface area contributed by atoms with Crippen LogP contribution >= 0.6 is 0 Å². The van der Waals surface area contributed by atoms with Gasteiger partial charge in [-0.2, -0.15) is 5.10 Å².